The molecule has 8 heteroatoms. The standard InChI is InChI=1S/C19H12F3N3OS/c20-19(21,22)15-17(26)24-16(11-6-2-1-3-7-11)25-18(15)27-14-10-23-13-9-5-4-8-12(13)14/h1-10,23H,(H,24,25,26). The van der Waals surface area contributed by atoms with Crippen LogP contribution in [-0.4, -0.2) is 15.0 Å². The molecule has 0 bridgehead atoms. The highest BCUT2D eigenvalue weighted by Gasteiger charge is 2.38. The fourth-order valence-electron chi connectivity index (χ4n) is 2.74. The highest BCUT2D eigenvalue weighted by Crippen LogP contribution is 2.39. The van der Waals surface area contributed by atoms with Crippen LogP contribution in [0.25, 0.3) is 22.3 Å². The first-order valence-corrected chi connectivity index (χ1v) is 8.76. The predicted octanol–water partition coefficient (Wildman–Crippen LogP) is 5.09. The van der Waals surface area contributed by atoms with Gasteiger partial charge in [0.1, 0.15) is 10.9 Å². The maximum absolute atomic E-state index is 13.5. The zero-order valence-electron chi connectivity index (χ0n) is 13.7. The number of aromatic amines is 2. The summed E-state index contributed by atoms with van der Waals surface area (Å²) in [6.45, 7) is 0. The van der Waals surface area contributed by atoms with E-state index in [2.05, 4.69) is 15.0 Å². The Morgan fingerprint density at radius 1 is 0.963 bits per heavy atom. The number of aromatic nitrogens is 3. The molecule has 0 spiro atoms. The number of fused-ring (bicyclic) bond motifs is 1. The second kappa shape index (κ2) is 6.62. The first-order valence-electron chi connectivity index (χ1n) is 7.94. The van der Waals surface area contributed by atoms with Crippen LogP contribution in [0.15, 0.2) is 75.5 Å². The summed E-state index contributed by atoms with van der Waals surface area (Å²) in [5.41, 5.74) is -1.18. The van der Waals surface area contributed by atoms with Gasteiger partial charge in [0.25, 0.3) is 5.56 Å². The summed E-state index contributed by atoms with van der Waals surface area (Å²) in [6.07, 6.45) is -3.20. The monoisotopic (exact) mass is 387 g/mol. The SMILES string of the molecule is O=c1[nH]c(-c2ccccc2)nc(Sc2c[nH]c3ccccc23)c1C(F)(F)F. The van der Waals surface area contributed by atoms with Gasteiger partial charge in [0.15, 0.2) is 5.56 Å². The van der Waals surface area contributed by atoms with Gasteiger partial charge in [-0.2, -0.15) is 13.2 Å². The number of alkyl halides is 3. The molecule has 0 aliphatic carbocycles. The molecule has 2 aromatic carbocycles. The molecule has 0 saturated heterocycles. The van der Waals surface area contributed by atoms with E-state index >= 15 is 0 Å². The fourth-order valence-corrected chi connectivity index (χ4v) is 3.80. The van der Waals surface area contributed by atoms with E-state index in [4.69, 9.17) is 0 Å². The second-order valence-corrected chi connectivity index (χ2v) is 6.79. The summed E-state index contributed by atoms with van der Waals surface area (Å²) < 4.78 is 40.5. The Balaban J connectivity index is 1.89. The third kappa shape index (κ3) is 3.35. The minimum absolute atomic E-state index is 0.0935. The number of benzene rings is 2. The van der Waals surface area contributed by atoms with E-state index in [1.165, 1.54) is 0 Å². The number of para-hydroxylation sites is 1. The molecule has 4 rings (SSSR count). The first kappa shape index (κ1) is 17.4. The number of H-pyrrole nitrogens is 2. The molecule has 0 saturated carbocycles. The summed E-state index contributed by atoms with van der Waals surface area (Å²) in [7, 11) is 0. The number of halogens is 3. The average Bonchev–Trinajstić information content (AvgIpc) is 3.04. The van der Waals surface area contributed by atoms with Crippen molar-refractivity contribution in [2.24, 2.45) is 0 Å². The lowest BCUT2D eigenvalue weighted by atomic mass is 10.2. The van der Waals surface area contributed by atoms with Gasteiger partial charge in [-0.3, -0.25) is 4.79 Å². The molecule has 0 radical (unpaired) electrons. The van der Waals surface area contributed by atoms with Crippen LogP contribution >= 0.6 is 11.8 Å². The molecule has 4 nitrogen and oxygen atoms in total. The maximum atomic E-state index is 13.5. The van der Waals surface area contributed by atoms with Crippen molar-refractivity contribution in [1.82, 2.24) is 15.0 Å². The summed E-state index contributed by atoms with van der Waals surface area (Å²) in [4.78, 5) is 22.2. The number of rotatable bonds is 3. The van der Waals surface area contributed by atoms with Gasteiger partial charge in [0.05, 0.1) is 0 Å². The van der Waals surface area contributed by atoms with E-state index in [0.29, 0.717) is 10.5 Å². The van der Waals surface area contributed by atoms with E-state index in [9.17, 15) is 18.0 Å². The van der Waals surface area contributed by atoms with Gasteiger partial charge < -0.3 is 9.97 Å². The Labute approximate surface area is 155 Å². The largest absolute Gasteiger partial charge is 0.424 e. The molecule has 0 fully saturated rings. The summed E-state index contributed by atoms with van der Waals surface area (Å²) in [5.74, 6) is 0.0935. The number of hydrogen-bond acceptors (Lipinski definition) is 3. The Bertz CT molecular complexity index is 1170. The second-order valence-electron chi connectivity index (χ2n) is 5.76. The molecular weight excluding hydrogens is 375 g/mol. The van der Waals surface area contributed by atoms with Crippen LogP contribution in [0.2, 0.25) is 0 Å². The third-order valence-electron chi connectivity index (χ3n) is 3.97. The van der Waals surface area contributed by atoms with Crippen LogP contribution in [0.1, 0.15) is 5.56 Å². The molecule has 0 unspecified atom stereocenters. The zero-order chi connectivity index (χ0) is 19.0. The molecule has 0 amide bonds. The van der Waals surface area contributed by atoms with Gasteiger partial charge in [-0.15, -0.1) is 0 Å². The Morgan fingerprint density at radius 3 is 2.41 bits per heavy atom. The molecule has 27 heavy (non-hydrogen) atoms. The van der Waals surface area contributed by atoms with Gasteiger partial charge in [-0.1, -0.05) is 60.3 Å². The normalized spacial score (nSPS) is 11.8. The van der Waals surface area contributed by atoms with Crippen LogP contribution in [-0.2, 0) is 6.18 Å². The van der Waals surface area contributed by atoms with E-state index in [0.717, 1.165) is 22.7 Å². The molecule has 0 aliphatic rings. The van der Waals surface area contributed by atoms with Crippen LogP contribution in [0, 0.1) is 0 Å². The molecule has 2 N–H and O–H groups in total. The summed E-state index contributed by atoms with van der Waals surface area (Å²) in [5, 5.41) is 0.383. The van der Waals surface area contributed by atoms with Crippen molar-refractivity contribution >= 4 is 22.7 Å². The number of hydrogen-bond donors (Lipinski definition) is 2. The average molecular weight is 387 g/mol. The minimum atomic E-state index is -4.82. The van der Waals surface area contributed by atoms with Gasteiger partial charge in [0.2, 0.25) is 0 Å². The van der Waals surface area contributed by atoms with E-state index < -0.39 is 17.3 Å². The van der Waals surface area contributed by atoms with Crippen molar-refractivity contribution < 1.29 is 13.2 Å². The smallest absolute Gasteiger partial charge is 0.360 e. The Morgan fingerprint density at radius 2 is 1.67 bits per heavy atom. The Kier molecular flexibility index (Phi) is 4.27. The van der Waals surface area contributed by atoms with Crippen LogP contribution in [0.3, 0.4) is 0 Å². The fraction of sp³-hybridized carbons (Fsp3) is 0.0526. The van der Waals surface area contributed by atoms with Crippen LogP contribution < -0.4 is 5.56 Å². The van der Waals surface area contributed by atoms with Gasteiger partial charge in [-0.05, 0) is 6.07 Å². The Hall–Kier alpha value is -3.00. The molecule has 2 heterocycles. The summed E-state index contributed by atoms with van der Waals surface area (Å²) >= 11 is 0.818. The highest BCUT2D eigenvalue weighted by atomic mass is 32.2. The quantitative estimate of drug-likeness (QED) is 0.482. The van der Waals surface area contributed by atoms with Crippen molar-refractivity contribution in [3.8, 4) is 11.4 Å². The lowest BCUT2D eigenvalue weighted by Gasteiger charge is -2.12. The minimum Gasteiger partial charge on any atom is -0.360 e. The van der Waals surface area contributed by atoms with Crippen molar-refractivity contribution in [2.75, 3.05) is 0 Å². The third-order valence-corrected chi connectivity index (χ3v) is 5.02. The van der Waals surface area contributed by atoms with Crippen LogP contribution in [0.5, 0.6) is 0 Å². The van der Waals surface area contributed by atoms with Crippen molar-refractivity contribution in [3.63, 3.8) is 0 Å². The van der Waals surface area contributed by atoms with Crippen molar-refractivity contribution in [3.05, 3.63) is 76.7 Å². The zero-order valence-corrected chi connectivity index (χ0v) is 14.5. The molecule has 0 aliphatic heterocycles. The van der Waals surface area contributed by atoms with Crippen LogP contribution in [0.4, 0.5) is 13.2 Å². The van der Waals surface area contributed by atoms with E-state index in [1.807, 2.05) is 12.1 Å². The summed E-state index contributed by atoms with van der Waals surface area (Å²) in [6, 6.07) is 15.8. The van der Waals surface area contributed by atoms with Crippen molar-refractivity contribution in [1.29, 1.82) is 0 Å². The molecule has 4 aromatic rings. The number of nitrogens with zero attached hydrogens (tertiary/aromatic N) is 1. The first-order chi connectivity index (χ1) is 12.9. The van der Waals surface area contributed by atoms with E-state index in [-0.39, 0.29) is 10.9 Å². The maximum Gasteiger partial charge on any atom is 0.424 e. The highest BCUT2D eigenvalue weighted by molar-refractivity contribution is 7.99. The lowest BCUT2D eigenvalue weighted by Crippen LogP contribution is -2.24. The van der Waals surface area contributed by atoms with Gasteiger partial charge in [0, 0.05) is 27.6 Å². The van der Waals surface area contributed by atoms with Gasteiger partial charge in [-0.25, -0.2) is 4.98 Å². The lowest BCUT2D eigenvalue weighted by molar-refractivity contribution is -0.141. The topological polar surface area (TPSA) is 61.5 Å². The number of nitrogens with one attached hydrogen (secondary N) is 2. The molecule has 136 valence electrons. The molecular formula is C19H12F3N3OS. The molecule has 2 aromatic heterocycles. The predicted molar refractivity (Wildman–Crippen MR) is 97.7 cm³/mol. The van der Waals surface area contributed by atoms with Gasteiger partial charge >= 0.3 is 6.18 Å². The van der Waals surface area contributed by atoms with E-state index in [1.54, 1.807) is 48.7 Å². The van der Waals surface area contributed by atoms with Crippen molar-refractivity contribution in [2.45, 2.75) is 16.1 Å². The molecule has 0 atom stereocenters.